The first-order chi connectivity index (χ1) is 9.22. The Hall–Kier alpha value is -1.76. The van der Waals surface area contributed by atoms with Crippen molar-refractivity contribution in [2.75, 3.05) is 0 Å². The van der Waals surface area contributed by atoms with Gasteiger partial charge in [0.1, 0.15) is 11.5 Å². The van der Waals surface area contributed by atoms with Crippen LogP contribution in [-0.2, 0) is 6.42 Å². The number of rotatable bonds is 5. The highest BCUT2D eigenvalue weighted by Crippen LogP contribution is 2.29. The minimum Gasteiger partial charge on any atom is -0.457 e. The predicted octanol–water partition coefficient (Wildman–Crippen LogP) is 5.24. The van der Waals surface area contributed by atoms with Crippen LogP contribution in [0.5, 0.6) is 11.5 Å². The molecule has 2 aromatic rings. The van der Waals surface area contributed by atoms with Crippen molar-refractivity contribution in [3.8, 4) is 11.5 Å². The molecule has 0 aromatic heterocycles. The summed E-state index contributed by atoms with van der Waals surface area (Å²) in [5.74, 6) is 1.88. The third-order valence-corrected chi connectivity index (χ3v) is 3.49. The number of aryl methyl sites for hydroxylation is 2. The molecule has 0 N–H and O–H groups in total. The van der Waals surface area contributed by atoms with Crippen LogP contribution in [-0.4, -0.2) is 0 Å². The number of benzene rings is 2. The summed E-state index contributed by atoms with van der Waals surface area (Å²) < 4.78 is 6.09. The van der Waals surface area contributed by atoms with Gasteiger partial charge >= 0.3 is 0 Å². The van der Waals surface area contributed by atoms with E-state index in [1.807, 2.05) is 24.3 Å². The molecule has 1 nitrogen and oxygen atoms in total. The largest absolute Gasteiger partial charge is 0.457 e. The van der Waals surface area contributed by atoms with Gasteiger partial charge in [-0.3, -0.25) is 0 Å². The number of hydrogen-bond donors (Lipinski definition) is 0. The lowest BCUT2D eigenvalue weighted by atomic mass is 10.1. The molecule has 0 aliphatic heterocycles. The molecule has 0 bridgehead atoms. The molecule has 0 spiro atoms. The van der Waals surface area contributed by atoms with Gasteiger partial charge in [0.05, 0.1) is 0 Å². The Balaban J connectivity index is 2.25. The molecule has 2 rings (SSSR count). The van der Waals surface area contributed by atoms with E-state index in [-0.39, 0.29) is 0 Å². The number of unbranched alkanes of at least 4 members (excludes halogenated alkanes) is 1. The van der Waals surface area contributed by atoms with E-state index in [9.17, 15) is 0 Å². The Kier molecular flexibility index (Phi) is 4.62. The Morgan fingerprint density at radius 2 is 1.95 bits per heavy atom. The summed E-state index contributed by atoms with van der Waals surface area (Å²) in [6.07, 6.45) is 3.44. The maximum Gasteiger partial charge on any atom is 0.131 e. The van der Waals surface area contributed by atoms with Crippen molar-refractivity contribution in [3.05, 3.63) is 59.2 Å². The van der Waals surface area contributed by atoms with E-state index in [1.54, 1.807) is 0 Å². The van der Waals surface area contributed by atoms with E-state index >= 15 is 0 Å². The quantitative estimate of drug-likeness (QED) is 0.708. The van der Waals surface area contributed by atoms with Crippen molar-refractivity contribution in [1.82, 2.24) is 0 Å². The van der Waals surface area contributed by atoms with Gasteiger partial charge in [-0.2, -0.15) is 0 Å². The van der Waals surface area contributed by atoms with E-state index in [0.29, 0.717) is 0 Å². The van der Waals surface area contributed by atoms with Crippen LogP contribution in [0.1, 0.15) is 36.5 Å². The molecule has 1 heteroatoms. The average molecular weight is 253 g/mol. The highest BCUT2D eigenvalue weighted by atomic mass is 16.5. The Bertz CT molecular complexity index is 543. The molecular weight excluding hydrogens is 232 g/mol. The molecule has 0 atom stereocenters. The van der Waals surface area contributed by atoms with Crippen molar-refractivity contribution < 1.29 is 4.74 Å². The molecular formula is C18H21O. The third-order valence-electron chi connectivity index (χ3n) is 3.49. The van der Waals surface area contributed by atoms with Gasteiger partial charge in [0.15, 0.2) is 0 Å². The van der Waals surface area contributed by atoms with Crippen molar-refractivity contribution >= 4 is 0 Å². The van der Waals surface area contributed by atoms with Gasteiger partial charge < -0.3 is 4.74 Å². The fraction of sp³-hybridized carbons (Fsp3) is 0.333. The lowest BCUT2D eigenvalue weighted by Crippen LogP contribution is -1.94. The summed E-state index contributed by atoms with van der Waals surface area (Å²) in [5, 5.41) is 0. The first-order valence-electron chi connectivity index (χ1n) is 6.95. The van der Waals surface area contributed by atoms with Crippen LogP contribution in [0.4, 0.5) is 0 Å². The second kappa shape index (κ2) is 6.42. The summed E-state index contributed by atoms with van der Waals surface area (Å²) >= 11 is 0. The maximum absolute atomic E-state index is 6.09. The highest BCUT2D eigenvalue weighted by molar-refractivity contribution is 5.43. The zero-order chi connectivity index (χ0) is 13.7. The first-order valence-corrected chi connectivity index (χ1v) is 6.95. The summed E-state index contributed by atoms with van der Waals surface area (Å²) in [4.78, 5) is 0. The molecule has 0 saturated carbocycles. The van der Waals surface area contributed by atoms with E-state index in [4.69, 9.17) is 4.74 Å². The molecule has 0 unspecified atom stereocenters. The second-order valence-electron chi connectivity index (χ2n) is 4.94. The molecule has 0 fully saturated rings. The van der Waals surface area contributed by atoms with Gasteiger partial charge in [0, 0.05) is 0 Å². The fourth-order valence-corrected chi connectivity index (χ4v) is 2.07. The molecule has 99 valence electrons. The van der Waals surface area contributed by atoms with Gasteiger partial charge in [-0.25, -0.2) is 0 Å². The minimum absolute atomic E-state index is 0.935. The van der Waals surface area contributed by atoms with Crippen LogP contribution in [0.15, 0.2) is 36.4 Å². The maximum atomic E-state index is 6.09. The molecule has 0 heterocycles. The fourth-order valence-electron chi connectivity index (χ4n) is 2.07. The Labute approximate surface area is 116 Å². The van der Waals surface area contributed by atoms with Gasteiger partial charge in [-0.15, -0.1) is 0 Å². The van der Waals surface area contributed by atoms with Crippen molar-refractivity contribution in [3.63, 3.8) is 0 Å². The number of ether oxygens (including phenoxy) is 1. The van der Waals surface area contributed by atoms with Crippen LogP contribution >= 0.6 is 0 Å². The van der Waals surface area contributed by atoms with Crippen molar-refractivity contribution in [2.45, 2.75) is 40.0 Å². The normalized spacial score (nSPS) is 10.5. The first kappa shape index (κ1) is 13.7. The zero-order valence-corrected chi connectivity index (χ0v) is 12.0. The van der Waals surface area contributed by atoms with Crippen LogP contribution < -0.4 is 4.74 Å². The van der Waals surface area contributed by atoms with Gasteiger partial charge in [-0.1, -0.05) is 37.6 Å². The minimum atomic E-state index is 0.935. The summed E-state index contributed by atoms with van der Waals surface area (Å²) in [6, 6.07) is 15.3. The molecule has 0 saturated heterocycles. The van der Waals surface area contributed by atoms with Crippen molar-refractivity contribution in [2.24, 2.45) is 0 Å². The van der Waals surface area contributed by atoms with Crippen molar-refractivity contribution in [1.29, 1.82) is 0 Å². The SMILES string of the molecule is CCCCc1cc[c]cc1Oc1cccc(C)c1C. The standard InChI is InChI=1S/C18H21O/c1-4-5-10-16-11-6-7-12-18(16)19-17-13-8-9-14(2)15(17)3/h6,8-9,11-13H,4-5,10H2,1-3H3. The van der Waals surface area contributed by atoms with Crippen LogP contribution in [0.3, 0.4) is 0 Å². The summed E-state index contributed by atoms with van der Waals surface area (Å²) in [7, 11) is 0. The molecule has 0 amide bonds. The molecule has 1 radical (unpaired) electrons. The highest BCUT2D eigenvalue weighted by Gasteiger charge is 2.07. The summed E-state index contributed by atoms with van der Waals surface area (Å²) in [6.45, 7) is 6.42. The topological polar surface area (TPSA) is 9.23 Å². The van der Waals surface area contributed by atoms with Gasteiger partial charge in [-0.05, 0) is 61.6 Å². The molecule has 2 aromatic carbocycles. The Morgan fingerprint density at radius 1 is 1.11 bits per heavy atom. The molecule has 19 heavy (non-hydrogen) atoms. The zero-order valence-electron chi connectivity index (χ0n) is 12.0. The van der Waals surface area contributed by atoms with Gasteiger partial charge in [0.2, 0.25) is 0 Å². The number of hydrogen-bond acceptors (Lipinski definition) is 1. The average Bonchev–Trinajstić information content (AvgIpc) is 2.43. The summed E-state index contributed by atoms with van der Waals surface area (Å²) in [5.41, 5.74) is 3.72. The molecule has 0 aliphatic rings. The lowest BCUT2D eigenvalue weighted by molar-refractivity contribution is 0.471. The van der Waals surface area contributed by atoms with Crippen LogP contribution in [0.25, 0.3) is 0 Å². The van der Waals surface area contributed by atoms with E-state index in [1.165, 1.54) is 29.5 Å². The monoisotopic (exact) mass is 253 g/mol. The van der Waals surface area contributed by atoms with Gasteiger partial charge in [0.25, 0.3) is 0 Å². The van der Waals surface area contributed by atoms with E-state index < -0.39 is 0 Å². The van der Waals surface area contributed by atoms with E-state index in [2.05, 4.69) is 39.0 Å². The van der Waals surface area contributed by atoms with Crippen LogP contribution in [0, 0.1) is 19.9 Å². The van der Waals surface area contributed by atoms with Crippen LogP contribution in [0.2, 0.25) is 0 Å². The molecule has 0 aliphatic carbocycles. The predicted molar refractivity (Wildman–Crippen MR) is 79.9 cm³/mol. The Morgan fingerprint density at radius 3 is 2.74 bits per heavy atom. The smallest absolute Gasteiger partial charge is 0.131 e. The third kappa shape index (κ3) is 3.37. The lowest BCUT2D eigenvalue weighted by Gasteiger charge is -2.13. The van der Waals surface area contributed by atoms with E-state index in [0.717, 1.165) is 17.9 Å². The second-order valence-corrected chi connectivity index (χ2v) is 4.94.